The Morgan fingerprint density at radius 1 is 0.931 bits per heavy atom. The maximum atomic E-state index is 5.86. The zero-order chi connectivity index (χ0) is 20.4. The highest BCUT2D eigenvalue weighted by molar-refractivity contribution is 5.81. The van der Waals surface area contributed by atoms with Crippen LogP contribution in [0.3, 0.4) is 0 Å². The summed E-state index contributed by atoms with van der Waals surface area (Å²) in [5.74, 6) is 0.317. The lowest BCUT2D eigenvalue weighted by atomic mass is 10.1. The number of aryl methyl sites for hydroxylation is 1. The summed E-state index contributed by atoms with van der Waals surface area (Å²) >= 11 is 0. The van der Waals surface area contributed by atoms with Crippen molar-refractivity contribution in [2.24, 2.45) is 0 Å². The van der Waals surface area contributed by atoms with E-state index >= 15 is 0 Å². The third-order valence-electron chi connectivity index (χ3n) is 5.69. The van der Waals surface area contributed by atoms with E-state index in [9.17, 15) is 0 Å². The van der Waals surface area contributed by atoms with Crippen molar-refractivity contribution in [1.82, 2.24) is 19.9 Å². The van der Waals surface area contributed by atoms with Crippen molar-refractivity contribution in [3.05, 3.63) is 42.1 Å². The highest BCUT2D eigenvalue weighted by atomic mass is 15.3. The zero-order valence-electron chi connectivity index (χ0n) is 17.6. The standard InChI is InChI=1S/C23H30N6/c1-4-5-20-22-21(27-23(24)26-20)11-10-19(25-22)17-6-8-18(9-7-17)29-14-12-28(13-15-29)16(2)3/h6-11,16H,4-5,12-15H2,1-3H3,(H2,24,26,27). The Kier molecular flexibility index (Phi) is 5.62. The second-order valence-electron chi connectivity index (χ2n) is 8.01. The summed E-state index contributed by atoms with van der Waals surface area (Å²) in [5.41, 5.74) is 11.8. The maximum absolute atomic E-state index is 5.86. The molecule has 2 aromatic heterocycles. The molecule has 0 spiro atoms. The van der Waals surface area contributed by atoms with Crippen molar-refractivity contribution in [2.45, 2.75) is 39.7 Å². The van der Waals surface area contributed by atoms with Crippen LogP contribution in [0.25, 0.3) is 22.3 Å². The Morgan fingerprint density at radius 3 is 2.31 bits per heavy atom. The van der Waals surface area contributed by atoms with E-state index in [4.69, 9.17) is 10.7 Å². The normalized spacial score (nSPS) is 15.4. The van der Waals surface area contributed by atoms with E-state index < -0.39 is 0 Å². The summed E-state index contributed by atoms with van der Waals surface area (Å²) in [6.07, 6.45) is 1.84. The Bertz CT molecular complexity index is 975. The number of pyridine rings is 1. The first kappa shape index (κ1) is 19.6. The van der Waals surface area contributed by atoms with Gasteiger partial charge >= 0.3 is 0 Å². The van der Waals surface area contributed by atoms with Crippen molar-refractivity contribution in [3.63, 3.8) is 0 Å². The van der Waals surface area contributed by atoms with Gasteiger partial charge < -0.3 is 10.6 Å². The van der Waals surface area contributed by atoms with Crippen LogP contribution >= 0.6 is 0 Å². The average molecular weight is 391 g/mol. The minimum absolute atomic E-state index is 0.317. The smallest absolute Gasteiger partial charge is 0.220 e. The monoisotopic (exact) mass is 390 g/mol. The molecular formula is C23H30N6. The highest BCUT2D eigenvalue weighted by Crippen LogP contribution is 2.26. The molecule has 0 bridgehead atoms. The van der Waals surface area contributed by atoms with Crippen LogP contribution in [-0.2, 0) is 6.42 Å². The molecule has 6 nitrogen and oxygen atoms in total. The molecule has 0 amide bonds. The van der Waals surface area contributed by atoms with Crippen LogP contribution in [0.15, 0.2) is 36.4 Å². The van der Waals surface area contributed by atoms with Crippen LogP contribution in [0.4, 0.5) is 11.6 Å². The molecule has 0 atom stereocenters. The average Bonchev–Trinajstić information content (AvgIpc) is 2.74. The number of nitrogens with zero attached hydrogens (tertiary/aromatic N) is 5. The molecule has 3 heterocycles. The van der Waals surface area contributed by atoms with Crippen molar-refractivity contribution >= 4 is 22.7 Å². The Morgan fingerprint density at radius 2 is 1.66 bits per heavy atom. The second-order valence-corrected chi connectivity index (χ2v) is 8.01. The second kappa shape index (κ2) is 8.33. The Balaban J connectivity index is 1.57. The molecule has 152 valence electrons. The van der Waals surface area contributed by atoms with E-state index in [0.29, 0.717) is 12.0 Å². The lowest BCUT2D eigenvalue weighted by molar-refractivity contribution is 0.209. The Labute approximate surface area is 172 Å². The maximum Gasteiger partial charge on any atom is 0.220 e. The lowest BCUT2D eigenvalue weighted by Crippen LogP contribution is -2.48. The molecule has 4 rings (SSSR count). The molecular weight excluding hydrogens is 360 g/mol. The number of hydrogen-bond donors (Lipinski definition) is 1. The fourth-order valence-corrected chi connectivity index (χ4v) is 4.01. The van der Waals surface area contributed by atoms with Crippen molar-refractivity contribution in [2.75, 3.05) is 36.8 Å². The van der Waals surface area contributed by atoms with E-state index in [1.165, 1.54) is 5.69 Å². The molecule has 3 aromatic rings. The third kappa shape index (κ3) is 4.17. The number of nitrogen functional groups attached to an aromatic ring is 1. The first-order chi connectivity index (χ1) is 14.0. The van der Waals surface area contributed by atoms with Crippen LogP contribution < -0.4 is 10.6 Å². The molecule has 29 heavy (non-hydrogen) atoms. The summed E-state index contributed by atoms with van der Waals surface area (Å²) < 4.78 is 0. The number of piperazine rings is 1. The third-order valence-corrected chi connectivity index (χ3v) is 5.69. The molecule has 1 saturated heterocycles. The number of aromatic nitrogens is 3. The summed E-state index contributed by atoms with van der Waals surface area (Å²) in [4.78, 5) is 18.6. The number of hydrogen-bond acceptors (Lipinski definition) is 6. The Hall–Kier alpha value is -2.73. The first-order valence-corrected chi connectivity index (χ1v) is 10.6. The molecule has 1 fully saturated rings. The van der Waals surface area contributed by atoms with Crippen LogP contribution in [0.2, 0.25) is 0 Å². The van der Waals surface area contributed by atoms with E-state index in [2.05, 4.69) is 64.8 Å². The van der Waals surface area contributed by atoms with Crippen molar-refractivity contribution in [3.8, 4) is 11.3 Å². The summed E-state index contributed by atoms with van der Waals surface area (Å²) in [7, 11) is 0. The fraction of sp³-hybridized carbons (Fsp3) is 0.435. The predicted octanol–water partition coefficient (Wildman–Crippen LogP) is 3.76. The highest BCUT2D eigenvalue weighted by Gasteiger charge is 2.19. The van der Waals surface area contributed by atoms with E-state index in [1.807, 2.05) is 12.1 Å². The summed E-state index contributed by atoms with van der Waals surface area (Å²) in [6.45, 7) is 11.1. The molecule has 0 aliphatic carbocycles. The van der Waals surface area contributed by atoms with Gasteiger partial charge in [-0.3, -0.25) is 4.90 Å². The van der Waals surface area contributed by atoms with Crippen LogP contribution in [0.5, 0.6) is 0 Å². The number of benzene rings is 1. The van der Waals surface area contributed by atoms with Gasteiger partial charge in [-0.2, -0.15) is 0 Å². The van der Waals surface area contributed by atoms with Crippen LogP contribution in [-0.4, -0.2) is 52.1 Å². The molecule has 1 aliphatic heterocycles. The van der Waals surface area contributed by atoms with Gasteiger partial charge in [0.25, 0.3) is 0 Å². The fourth-order valence-electron chi connectivity index (χ4n) is 4.01. The van der Waals surface area contributed by atoms with Gasteiger partial charge in [0.2, 0.25) is 5.95 Å². The molecule has 1 aliphatic rings. The van der Waals surface area contributed by atoms with Gasteiger partial charge in [0.1, 0.15) is 5.52 Å². The van der Waals surface area contributed by atoms with E-state index in [0.717, 1.165) is 67.0 Å². The molecule has 0 unspecified atom stereocenters. The molecule has 6 heteroatoms. The zero-order valence-corrected chi connectivity index (χ0v) is 17.6. The topological polar surface area (TPSA) is 71.2 Å². The molecule has 0 radical (unpaired) electrons. The predicted molar refractivity (Wildman–Crippen MR) is 120 cm³/mol. The van der Waals surface area contributed by atoms with Gasteiger partial charge in [-0.15, -0.1) is 0 Å². The number of nitrogens with two attached hydrogens (primary N) is 1. The molecule has 0 saturated carbocycles. The van der Waals surface area contributed by atoms with Gasteiger partial charge in [0.15, 0.2) is 0 Å². The van der Waals surface area contributed by atoms with Crippen molar-refractivity contribution < 1.29 is 0 Å². The lowest BCUT2D eigenvalue weighted by Gasteiger charge is -2.38. The van der Waals surface area contributed by atoms with Gasteiger partial charge in [-0.05, 0) is 44.5 Å². The van der Waals surface area contributed by atoms with Gasteiger partial charge in [0.05, 0.1) is 16.9 Å². The number of anilines is 2. The summed E-state index contributed by atoms with van der Waals surface area (Å²) in [6, 6.07) is 13.4. The minimum atomic E-state index is 0.317. The molecule has 2 N–H and O–H groups in total. The minimum Gasteiger partial charge on any atom is -0.369 e. The van der Waals surface area contributed by atoms with Gasteiger partial charge in [-0.25, -0.2) is 15.0 Å². The quantitative estimate of drug-likeness (QED) is 0.715. The number of rotatable bonds is 5. The van der Waals surface area contributed by atoms with Crippen LogP contribution in [0, 0.1) is 0 Å². The van der Waals surface area contributed by atoms with Gasteiger partial charge in [-0.1, -0.05) is 25.5 Å². The van der Waals surface area contributed by atoms with E-state index in [1.54, 1.807) is 0 Å². The summed E-state index contributed by atoms with van der Waals surface area (Å²) in [5, 5.41) is 0. The number of fused-ring (bicyclic) bond motifs is 1. The van der Waals surface area contributed by atoms with Gasteiger partial charge in [0, 0.05) is 43.5 Å². The van der Waals surface area contributed by atoms with Crippen molar-refractivity contribution in [1.29, 1.82) is 0 Å². The first-order valence-electron chi connectivity index (χ1n) is 10.6. The largest absolute Gasteiger partial charge is 0.369 e. The van der Waals surface area contributed by atoms with Crippen LogP contribution in [0.1, 0.15) is 32.9 Å². The molecule has 1 aromatic carbocycles. The SMILES string of the molecule is CCCc1nc(N)nc2ccc(-c3ccc(N4CCN(C(C)C)CC4)cc3)nc12. The van der Waals surface area contributed by atoms with E-state index in [-0.39, 0.29) is 0 Å².